The molecule has 0 unspecified atom stereocenters. The molecule has 1 amide bonds. The number of hydrogen-bond acceptors (Lipinski definition) is 4. The third kappa shape index (κ3) is 4.20. The van der Waals surface area contributed by atoms with Crippen LogP contribution >= 0.6 is 0 Å². The van der Waals surface area contributed by atoms with Crippen LogP contribution in [-0.2, 0) is 15.8 Å². The van der Waals surface area contributed by atoms with Crippen LogP contribution in [0.25, 0.3) is 10.9 Å². The van der Waals surface area contributed by atoms with E-state index in [2.05, 4.69) is 0 Å². The average molecular weight is 436 g/mol. The maximum Gasteiger partial charge on any atom is 0.254 e. The summed E-state index contributed by atoms with van der Waals surface area (Å²) < 4.78 is 27.1. The maximum absolute atomic E-state index is 13.4. The second-order valence-corrected chi connectivity index (χ2v) is 10.3. The molecule has 0 atom stereocenters. The van der Waals surface area contributed by atoms with Crippen molar-refractivity contribution in [2.24, 2.45) is 0 Å². The van der Waals surface area contributed by atoms with Crippen LogP contribution in [0.2, 0.25) is 0 Å². The number of piperazine rings is 1. The first-order chi connectivity index (χ1) is 15.0. The minimum atomic E-state index is -3.41. The summed E-state index contributed by atoms with van der Waals surface area (Å²) in [5, 5.41) is 0.857. The molecule has 6 nitrogen and oxygen atoms in total. The van der Waals surface area contributed by atoms with Crippen LogP contribution in [0, 0.1) is 0 Å². The third-order valence-corrected chi connectivity index (χ3v) is 7.92. The normalized spacial score (nSPS) is 17.7. The molecule has 160 valence electrons. The molecule has 1 saturated carbocycles. The highest BCUT2D eigenvalue weighted by Crippen LogP contribution is 2.40. The van der Waals surface area contributed by atoms with Crippen molar-refractivity contribution in [2.45, 2.75) is 24.5 Å². The molecule has 1 aliphatic carbocycles. The highest BCUT2D eigenvalue weighted by molar-refractivity contribution is 7.88. The number of fused-ring (bicyclic) bond motifs is 1. The lowest BCUT2D eigenvalue weighted by Crippen LogP contribution is -2.50. The second kappa shape index (κ2) is 8.05. The van der Waals surface area contributed by atoms with E-state index in [9.17, 15) is 13.2 Å². The summed E-state index contributed by atoms with van der Waals surface area (Å²) in [5.74, 6) is 0.401. The molecule has 0 N–H and O–H groups in total. The van der Waals surface area contributed by atoms with Crippen LogP contribution < -0.4 is 0 Å². The third-order valence-electron chi connectivity index (χ3n) is 6.07. The topological polar surface area (TPSA) is 70.6 Å². The summed E-state index contributed by atoms with van der Waals surface area (Å²) >= 11 is 0. The van der Waals surface area contributed by atoms with Gasteiger partial charge in [0.2, 0.25) is 10.0 Å². The van der Waals surface area contributed by atoms with Gasteiger partial charge in [0, 0.05) is 43.2 Å². The Morgan fingerprint density at radius 1 is 0.935 bits per heavy atom. The summed E-state index contributed by atoms with van der Waals surface area (Å²) in [4.78, 5) is 19.9. The zero-order chi connectivity index (χ0) is 21.4. The van der Waals surface area contributed by atoms with Crippen molar-refractivity contribution in [1.82, 2.24) is 14.2 Å². The molecule has 2 aliphatic rings. The first-order valence-corrected chi connectivity index (χ1v) is 12.3. The van der Waals surface area contributed by atoms with Crippen molar-refractivity contribution in [1.29, 1.82) is 0 Å². The van der Waals surface area contributed by atoms with E-state index in [4.69, 9.17) is 4.98 Å². The molecule has 0 bridgehead atoms. The quantitative estimate of drug-likeness (QED) is 0.616. The van der Waals surface area contributed by atoms with Crippen molar-refractivity contribution < 1.29 is 13.2 Å². The van der Waals surface area contributed by atoms with Gasteiger partial charge in [-0.3, -0.25) is 9.78 Å². The van der Waals surface area contributed by atoms with Crippen LogP contribution in [0.1, 0.15) is 40.4 Å². The number of carbonyl (C=O) groups is 1. The highest BCUT2D eigenvalue weighted by Gasteiger charge is 2.31. The van der Waals surface area contributed by atoms with Crippen molar-refractivity contribution in [3.8, 4) is 0 Å². The van der Waals surface area contributed by atoms with Gasteiger partial charge >= 0.3 is 0 Å². The van der Waals surface area contributed by atoms with Gasteiger partial charge in [0.25, 0.3) is 5.91 Å². The van der Waals surface area contributed by atoms with Crippen LogP contribution in [0.4, 0.5) is 0 Å². The number of hydrogen-bond donors (Lipinski definition) is 0. The summed E-state index contributed by atoms with van der Waals surface area (Å²) in [6, 6.07) is 18.9. The minimum Gasteiger partial charge on any atom is -0.336 e. The minimum absolute atomic E-state index is 0.0124. The Kier molecular flexibility index (Phi) is 5.24. The Bertz CT molecular complexity index is 1220. The van der Waals surface area contributed by atoms with E-state index in [0.717, 1.165) is 35.0 Å². The number of amides is 1. The fraction of sp³-hybridized carbons (Fsp3) is 0.333. The van der Waals surface area contributed by atoms with Gasteiger partial charge < -0.3 is 4.90 Å². The number of rotatable bonds is 5. The molecule has 1 saturated heterocycles. The first-order valence-electron chi connectivity index (χ1n) is 10.7. The molecule has 1 aliphatic heterocycles. The van der Waals surface area contributed by atoms with Crippen molar-refractivity contribution >= 4 is 26.8 Å². The number of sulfonamides is 1. The lowest BCUT2D eigenvalue weighted by atomic mass is 10.0. The zero-order valence-electron chi connectivity index (χ0n) is 17.3. The number of para-hydroxylation sites is 1. The standard InChI is InChI=1S/C24H25N3O3S/c28-24(21-16-23(19-10-11-19)25-22-9-5-4-8-20(21)22)26-12-14-27(15-13-26)31(29,30)17-18-6-2-1-3-7-18/h1-9,16,19H,10-15,17H2. The van der Waals surface area contributed by atoms with E-state index in [1.165, 1.54) is 4.31 Å². The number of benzene rings is 2. The lowest BCUT2D eigenvalue weighted by molar-refractivity contribution is 0.0699. The predicted octanol–water partition coefficient (Wildman–Crippen LogP) is 3.40. The molecule has 1 aromatic heterocycles. The monoisotopic (exact) mass is 435 g/mol. The second-order valence-electron chi connectivity index (χ2n) is 8.32. The maximum atomic E-state index is 13.4. The lowest BCUT2D eigenvalue weighted by Gasteiger charge is -2.34. The van der Waals surface area contributed by atoms with Gasteiger partial charge in [-0.15, -0.1) is 0 Å². The zero-order valence-corrected chi connectivity index (χ0v) is 18.1. The molecule has 2 aromatic carbocycles. The molecule has 2 heterocycles. The highest BCUT2D eigenvalue weighted by atomic mass is 32.2. The van der Waals surface area contributed by atoms with Gasteiger partial charge in [-0.1, -0.05) is 48.5 Å². The molecule has 3 aromatic rings. The Morgan fingerprint density at radius 2 is 1.61 bits per heavy atom. The molecule has 0 radical (unpaired) electrons. The molecule has 31 heavy (non-hydrogen) atoms. The van der Waals surface area contributed by atoms with Gasteiger partial charge in [-0.2, -0.15) is 4.31 Å². The first kappa shape index (κ1) is 20.2. The number of carbonyl (C=O) groups excluding carboxylic acids is 1. The summed E-state index contributed by atoms with van der Waals surface area (Å²) in [5.41, 5.74) is 3.29. The van der Waals surface area contributed by atoms with Crippen LogP contribution in [0.3, 0.4) is 0 Å². The van der Waals surface area contributed by atoms with E-state index < -0.39 is 10.0 Å². The Balaban J connectivity index is 1.33. The predicted molar refractivity (Wildman–Crippen MR) is 120 cm³/mol. The van der Waals surface area contributed by atoms with E-state index >= 15 is 0 Å². The summed E-state index contributed by atoms with van der Waals surface area (Å²) in [6.07, 6.45) is 2.24. The largest absolute Gasteiger partial charge is 0.336 e. The van der Waals surface area contributed by atoms with Gasteiger partial charge in [0.1, 0.15) is 0 Å². The Morgan fingerprint density at radius 3 is 2.32 bits per heavy atom. The van der Waals surface area contributed by atoms with Crippen molar-refractivity contribution in [3.63, 3.8) is 0 Å². The smallest absolute Gasteiger partial charge is 0.254 e. The number of pyridine rings is 1. The van der Waals surface area contributed by atoms with Crippen LogP contribution in [-0.4, -0.2) is 54.7 Å². The molecular formula is C24H25N3O3S. The average Bonchev–Trinajstić information content (AvgIpc) is 3.64. The van der Waals surface area contributed by atoms with Crippen molar-refractivity contribution in [3.05, 3.63) is 77.5 Å². The van der Waals surface area contributed by atoms with E-state index in [0.29, 0.717) is 37.7 Å². The van der Waals surface area contributed by atoms with Crippen LogP contribution in [0.15, 0.2) is 60.7 Å². The van der Waals surface area contributed by atoms with Gasteiger partial charge in [0.15, 0.2) is 0 Å². The van der Waals surface area contributed by atoms with E-state index in [1.54, 1.807) is 4.90 Å². The molecule has 5 rings (SSSR count). The molecular weight excluding hydrogens is 410 g/mol. The summed E-state index contributed by atoms with van der Waals surface area (Å²) in [7, 11) is -3.41. The van der Waals surface area contributed by atoms with Gasteiger partial charge in [-0.25, -0.2) is 8.42 Å². The number of aromatic nitrogens is 1. The SMILES string of the molecule is O=C(c1cc(C2CC2)nc2ccccc12)N1CCN(S(=O)(=O)Cc2ccccc2)CC1. The van der Waals surface area contributed by atoms with E-state index in [-0.39, 0.29) is 11.7 Å². The number of nitrogens with zero attached hydrogens (tertiary/aromatic N) is 3. The van der Waals surface area contributed by atoms with Gasteiger partial charge in [-0.05, 0) is 30.5 Å². The fourth-order valence-corrected chi connectivity index (χ4v) is 5.69. The van der Waals surface area contributed by atoms with Crippen molar-refractivity contribution in [2.75, 3.05) is 26.2 Å². The molecule has 0 spiro atoms. The summed E-state index contributed by atoms with van der Waals surface area (Å²) in [6.45, 7) is 1.42. The van der Waals surface area contributed by atoms with Crippen LogP contribution in [0.5, 0.6) is 0 Å². The Labute approximate surface area is 182 Å². The van der Waals surface area contributed by atoms with E-state index in [1.807, 2.05) is 60.7 Å². The Hall–Kier alpha value is -2.77. The van der Waals surface area contributed by atoms with Gasteiger partial charge in [0.05, 0.1) is 16.8 Å². The molecule has 2 fully saturated rings. The fourth-order valence-electron chi connectivity index (χ4n) is 4.18. The molecule has 7 heteroatoms.